The molecule has 0 aliphatic carbocycles. The Balaban J connectivity index is 2.20. The normalized spacial score (nSPS) is 22.8. The van der Waals surface area contributed by atoms with Crippen molar-refractivity contribution in [3.8, 4) is 0 Å². The van der Waals surface area contributed by atoms with Gasteiger partial charge in [-0.05, 0) is 37.1 Å². The second-order valence-corrected chi connectivity index (χ2v) is 6.79. The molecule has 1 heterocycles. The summed E-state index contributed by atoms with van der Waals surface area (Å²) in [6.07, 6.45) is 0. The molecule has 2 rings (SSSR count). The minimum Gasteiger partial charge on any atom is -0.326 e. The zero-order valence-electron chi connectivity index (χ0n) is 11.5. The van der Waals surface area contributed by atoms with Crippen LogP contribution in [-0.2, 0) is 14.8 Å². The van der Waals surface area contributed by atoms with Crippen molar-refractivity contribution in [2.45, 2.75) is 18.7 Å². The van der Waals surface area contributed by atoms with E-state index in [0.29, 0.717) is 17.8 Å². The summed E-state index contributed by atoms with van der Waals surface area (Å²) in [7, 11) is -3.79. The molecule has 1 saturated heterocycles. The van der Waals surface area contributed by atoms with E-state index in [1.54, 1.807) is 19.1 Å². The predicted molar refractivity (Wildman–Crippen MR) is 76.7 cm³/mol. The highest BCUT2D eigenvalue weighted by Crippen LogP contribution is 2.22. The summed E-state index contributed by atoms with van der Waals surface area (Å²) in [4.78, 5) is 12.2. The van der Waals surface area contributed by atoms with Crippen LogP contribution >= 0.6 is 0 Å². The van der Waals surface area contributed by atoms with Gasteiger partial charge in [-0.1, -0.05) is 13.0 Å². The van der Waals surface area contributed by atoms with Crippen LogP contribution in [0.1, 0.15) is 12.5 Å². The first kappa shape index (κ1) is 15.0. The Labute approximate surface area is 118 Å². The average molecular weight is 297 g/mol. The number of amides is 1. The second kappa shape index (κ2) is 5.51. The molecular weight excluding hydrogens is 278 g/mol. The molecule has 1 aromatic rings. The highest BCUT2D eigenvalue weighted by Gasteiger charge is 2.29. The van der Waals surface area contributed by atoms with E-state index in [1.807, 2.05) is 6.92 Å². The van der Waals surface area contributed by atoms with Crippen LogP contribution < -0.4 is 15.8 Å². The van der Waals surface area contributed by atoms with Gasteiger partial charge in [0.15, 0.2) is 0 Å². The molecule has 7 heteroatoms. The molecule has 0 spiro atoms. The SMILES string of the molecule is Cc1ccc(NC(=O)[C@@H]2CNC[C@H]2C)cc1S(N)(=O)=O. The standard InChI is InChI=1S/C13H19N3O3S/c1-8-3-4-10(5-12(8)20(14,18)19)16-13(17)11-7-15-6-9(11)2/h3-5,9,11,15H,6-7H2,1-2H3,(H,16,17)(H2,14,18,19)/t9-,11-/m1/s1. The molecule has 1 aromatic carbocycles. The molecule has 0 unspecified atom stereocenters. The molecular formula is C13H19N3O3S. The maximum absolute atomic E-state index is 12.1. The van der Waals surface area contributed by atoms with Crippen molar-refractivity contribution in [2.75, 3.05) is 18.4 Å². The molecule has 4 N–H and O–H groups in total. The minimum absolute atomic E-state index is 0.0351. The molecule has 0 saturated carbocycles. The van der Waals surface area contributed by atoms with Crippen LogP contribution in [0.5, 0.6) is 0 Å². The van der Waals surface area contributed by atoms with Gasteiger partial charge in [0.05, 0.1) is 10.8 Å². The minimum atomic E-state index is -3.79. The lowest BCUT2D eigenvalue weighted by atomic mass is 9.97. The van der Waals surface area contributed by atoms with Crippen LogP contribution in [0, 0.1) is 18.8 Å². The third-order valence-electron chi connectivity index (χ3n) is 3.62. The number of hydrogen-bond acceptors (Lipinski definition) is 4. The van der Waals surface area contributed by atoms with Gasteiger partial charge in [-0.25, -0.2) is 13.6 Å². The van der Waals surface area contributed by atoms with Crippen LogP contribution in [0.15, 0.2) is 23.1 Å². The third-order valence-corrected chi connectivity index (χ3v) is 4.67. The van der Waals surface area contributed by atoms with Crippen molar-refractivity contribution in [1.29, 1.82) is 0 Å². The van der Waals surface area contributed by atoms with Crippen LogP contribution in [-0.4, -0.2) is 27.4 Å². The summed E-state index contributed by atoms with van der Waals surface area (Å²) in [5.74, 6) is 0.0547. The van der Waals surface area contributed by atoms with Crippen molar-refractivity contribution in [3.63, 3.8) is 0 Å². The maximum Gasteiger partial charge on any atom is 0.238 e. The van der Waals surface area contributed by atoms with Crippen LogP contribution in [0.3, 0.4) is 0 Å². The number of benzene rings is 1. The molecule has 0 aromatic heterocycles. The highest BCUT2D eigenvalue weighted by molar-refractivity contribution is 7.89. The van der Waals surface area contributed by atoms with Crippen LogP contribution in [0.2, 0.25) is 0 Å². The largest absolute Gasteiger partial charge is 0.326 e. The van der Waals surface area contributed by atoms with Crippen molar-refractivity contribution in [1.82, 2.24) is 5.32 Å². The van der Waals surface area contributed by atoms with Crippen molar-refractivity contribution < 1.29 is 13.2 Å². The molecule has 6 nitrogen and oxygen atoms in total. The average Bonchev–Trinajstić information content (AvgIpc) is 2.76. The van der Waals surface area contributed by atoms with Gasteiger partial charge in [0.2, 0.25) is 15.9 Å². The van der Waals surface area contributed by atoms with Crippen LogP contribution in [0.25, 0.3) is 0 Å². The van der Waals surface area contributed by atoms with Gasteiger partial charge in [-0.15, -0.1) is 0 Å². The number of sulfonamides is 1. The fourth-order valence-electron chi connectivity index (χ4n) is 2.38. The Bertz CT molecular complexity index is 628. The van der Waals surface area contributed by atoms with E-state index in [1.165, 1.54) is 6.07 Å². The lowest BCUT2D eigenvalue weighted by Gasteiger charge is -2.15. The molecule has 110 valence electrons. The summed E-state index contributed by atoms with van der Waals surface area (Å²) in [6.45, 7) is 5.12. The molecule has 0 bridgehead atoms. The molecule has 2 atom stereocenters. The first-order valence-electron chi connectivity index (χ1n) is 6.44. The number of hydrogen-bond donors (Lipinski definition) is 3. The number of nitrogens with one attached hydrogen (secondary N) is 2. The smallest absolute Gasteiger partial charge is 0.238 e. The number of carbonyl (C=O) groups excluding carboxylic acids is 1. The molecule has 0 radical (unpaired) electrons. The second-order valence-electron chi connectivity index (χ2n) is 5.26. The van der Waals surface area contributed by atoms with E-state index in [-0.39, 0.29) is 22.6 Å². The number of primary sulfonamides is 1. The number of rotatable bonds is 3. The fourth-order valence-corrected chi connectivity index (χ4v) is 3.19. The number of carbonyl (C=O) groups is 1. The van der Waals surface area contributed by atoms with E-state index >= 15 is 0 Å². The van der Waals surface area contributed by atoms with E-state index in [4.69, 9.17) is 5.14 Å². The summed E-state index contributed by atoms with van der Waals surface area (Å²) < 4.78 is 22.9. The van der Waals surface area contributed by atoms with Gasteiger partial charge in [-0.2, -0.15) is 0 Å². The number of nitrogens with two attached hydrogens (primary N) is 1. The Morgan fingerprint density at radius 3 is 2.65 bits per heavy atom. The van der Waals surface area contributed by atoms with E-state index < -0.39 is 10.0 Å². The molecule has 1 aliphatic rings. The quantitative estimate of drug-likeness (QED) is 0.753. The molecule has 20 heavy (non-hydrogen) atoms. The Kier molecular flexibility index (Phi) is 4.12. The maximum atomic E-state index is 12.1. The van der Waals surface area contributed by atoms with Gasteiger partial charge in [0.1, 0.15) is 0 Å². The van der Waals surface area contributed by atoms with Crippen molar-refractivity contribution in [3.05, 3.63) is 23.8 Å². The predicted octanol–water partition coefficient (Wildman–Crippen LogP) is 0.436. The Morgan fingerprint density at radius 1 is 1.40 bits per heavy atom. The van der Waals surface area contributed by atoms with Gasteiger partial charge >= 0.3 is 0 Å². The lowest BCUT2D eigenvalue weighted by Crippen LogP contribution is -2.28. The number of aryl methyl sites for hydroxylation is 1. The van der Waals surface area contributed by atoms with E-state index in [0.717, 1.165) is 6.54 Å². The molecule has 1 amide bonds. The van der Waals surface area contributed by atoms with Crippen molar-refractivity contribution >= 4 is 21.6 Å². The number of anilines is 1. The zero-order chi connectivity index (χ0) is 14.9. The van der Waals surface area contributed by atoms with Gasteiger partial charge in [0.25, 0.3) is 0 Å². The third kappa shape index (κ3) is 3.17. The first-order chi connectivity index (χ1) is 9.29. The van der Waals surface area contributed by atoms with Gasteiger partial charge in [0, 0.05) is 12.2 Å². The van der Waals surface area contributed by atoms with Crippen LogP contribution in [0.4, 0.5) is 5.69 Å². The van der Waals surface area contributed by atoms with Gasteiger partial charge < -0.3 is 10.6 Å². The van der Waals surface area contributed by atoms with E-state index in [9.17, 15) is 13.2 Å². The monoisotopic (exact) mass is 297 g/mol. The highest BCUT2D eigenvalue weighted by atomic mass is 32.2. The summed E-state index contributed by atoms with van der Waals surface area (Å²) in [5, 5.41) is 11.1. The summed E-state index contributed by atoms with van der Waals surface area (Å²) in [6, 6.07) is 4.70. The van der Waals surface area contributed by atoms with Gasteiger partial charge in [-0.3, -0.25) is 4.79 Å². The topological polar surface area (TPSA) is 101 Å². The molecule has 1 fully saturated rings. The zero-order valence-corrected chi connectivity index (χ0v) is 12.3. The Hall–Kier alpha value is -1.44. The Morgan fingerprint density at radius 2 is 2.10 bits per heavy atom. The fraction of sp³-hybridized carbons (Fsp3) is 0.462. The van der Waals surface area contributed by atoms with Crippen molar-refractivity contribution in [2.24, 2.45) is 17.0 Å². The van der Waals surface area contributed by atoms with E-state index in [2.05, 4.69) is 10.6 Å². The first-order valence-corrected chi connectivity index (χ1v) is 7.98. The summed E-state index contributed by atoms with van der Waals surface area (Å²) >= 11 is 0. The lowest BCUT2D eigenvalue weighted by molar-refractivity contribution is -0.120. The molecule has 1 aliphatic heterocycles. The summed E-state index contributed by atoms with van der Waals surface area (Å²) in [5.41, 5.74) is 1.00.